The van der Waals surface area contributed by atoms with Gasteiger partial charge in [0.1, 0.15) is 11.6 Å². The van der Waals surface area contributed by atoms with Crippen LogP contribution in [0.4, 0.5) is 4.39 Å². The van der Waals surface area contributed by atoms with E-state index in [2.05, 4.69) is 15.5 Å². The molecule has 3 rings (SSSR count). The molecule has 7 nitrogen and oxygen atoms in total. The number of halogens is 1. The summed E-state index contributed by atoms with van der Waals surface area (Å²) in [6.07, 6.45) is 0. The molecule has 160 valence electrons. The van der Waals surface area contributed by atoms with E-state index in [0.717, 1.165) is 24.4 Å². The molecule has 2 aromatic rings. The van der Waals surface area contributed by atoms with Crippen LogP contribution in [0.5, 0.6) is 5.75 Å². The van der Waals surface area contributed by atoms with Gasteiger partial charge in [0.15, 0.2) is 0 Å². The van der Waals surface area contributed by atoms with Gasteiger partial charge in [-0.1, -0.05) is 24.3 Å². The molecule has 1 atom stereocenters. The summed E-state index contributed by atoms with van der Waals surface area (Å²) in [5, 5.41) is 5.32. The quantitative estimate of drug-likeness (QED) is 0.687. The minimum Gasteiger partial charge on any atom is -0.497 e. The molecule has 0 saturated carbocycles. The fraction of sp³-hybridized carbons (Fsp3) is 0.364. The summed E-state index contributed by atoms with van der Waals surface area (Å²) in [7, 11) is 1.62. The standard InChI is InChI=1S/C22H26FN3O4/c1-29-17-8-6-16(7-9-17)20(26-10-12-30-13-11-26)14-24-21(27)15-25-22(28)18-4-2-3-5-19(18)23/h2-9,20H,10-15H2,1H3,(H,24,27)(H,25,28). The summed E-state index contributed by atoms with van der Waals surface area (Å²) in [6, 6.07) is 13.3. The highest BCUT2D eigenvalue weighted by atomic mass is 19.1. The molecule has 0 spiro atoms. The maximum absolute atomic E-state index is 13.7. The first-order valence-corrected chi connectivity index (χ1v) is 9.83. The first-order chi connectivity index (χ1) is 14.6. The number of nitrogens with one attached hydrogen (secondary N) is 2. The predicted molar refractivity (Wildman–Crippen MR) is 110 cm³/mol. The van der Waals surface area contributed by atoms with Crippen LogP contribution >= 0.6 is 0 Å². The normalized spacial score (nSPS) is 15.3. The van der Waals surface area contributed by atoms with E-state index in [-0.39, 0.29) is 24.1 Å². The molecule has 1 heterocycles. The summed E-state index contributed by atoms with van der Waals surface area (Å²) in [6.45, 7) is 2.94. The van der Waals surface area contributed by atoms with Crippen LogP contribution in [-0.2, 0) is 9.53 Å². The summed E-state index contributed by atoms with van der Waals surface area (Å²) in [5.74, 6) is -0.823. The van der Waals surface area contributed by atoms with Crippen molar-refractivity contribution in [3.05, 3.63) is 65.5 Å². The largest absolute Gasteiger partial charge is 0.497 e. The van der Waals surface area contributed by atoms with Crippen molar-refractivity contribution in [1.29, 1.82) is 0 Å². The number of carbonyl (C=O) groups is 2. The van der Waals surface area contributed by atoms with Crippen molar-refractivity contribution in [2.75, 3.05) is 46.5 Å². The molecule has 2 amide bonds. The molecule has 2 N–H and O–H groups in total. The minimum absolute atomic E-state index is 0.0361. The predicted octanol–water partition coefficient (Wildman–Crippen LogP) is 1.75. The first kappa shape index (κ1) is 21.7. The summed E-state index contributed by atoms with van der Waals surface area (Å²) in [5.41, 5.74) is 0.961. The van der Waals surface area contributed by atoms with Gasteiger partial charge in [0, 0.05) is 19.6 Å². The Morgan fingerprint density at radius 2 is 1.80 bits per heavy atom. The van der Waals surface area contributed by atoms with Crippen LogP contribution in [0.1, 0.15) is 22.0 Å². The Morgan fingerprint density at radius 1 is 1.10 bits per heavy atom. The van der Waals surface area contributed by atoms with Gasteiger partial charge >= 0.3 is 0 Å². The maximum Gasteiger partial charge on any atom is 0.254 e. The number of morpholine rings is 1. The SMILES string of the molecule is COc1ccc(C(CNC(=O)CNC(=O)c2ccccc2F)N2CCOCC2)cc1. The lowest BCUT2D eigenvalue weighted by atomic mass is 10.0. The Hall–Kier alpha value is -2.97. The van der Waals surface area contributed by atoms with E-state index in [0.29, 0.717) is 19.8 Å². The lowest BCUT2D eigenvalue weighted by Crippen LogP contribution is -2.45. The van der Waals surface area contributed by atoms with Crippen molar-refractivity contribution < 1.29 is 23.5 Å². The molecule has 1 unspecified atom stereocenters. The van der Waals surface area contributed by atoms with Gasteiger partial charge in [-0.25, -0.2) is 4.39 Å². The topological polar surface area (TPSA) is 79.9 Å². The van der Waals surface area contributed by atoms with Crippen LogP contribution in [0, 0.1) is 5.82 Å². The number of methoxy groups -OCH3 is 1. The smallest absolute Gasteiger partial charge is 0.254 e. The van der Waals surface area contributed by atoms with Gasteiger partial charge in [0.25, 0.3) is 5.91 Å². The average Bonchev–Trinajstić information content (AvgIpc) is 2.79. The Balaban J connectivity index is 1.58. The molecule has 2 aromatic carbocycles. The highest BCUT2D eigenvalue weighted by molar-refractivity contribution is 5.96. The second-order valence-electron chi connectivity index (χ2n) is 6.90. The zero-order chi connectivity index (χ0) is 21.3. The van der Waals surface area contributed by atoms with Crippen LogP contribution in [-0.4, -0.2) is 63.2 Å². The maximum atomic E-state index is 13.7. The van der Waals surface area contributed by atoms with Crippen molar-refractivity contribution in [2.45, 2.75) is 6.04 Å². The molecule has 30 heavy (non-hydrogen) atoms. The second kappa shape index (κ2) is 10.7. The number of ether oxygens (including phenoxy) is 2. The number of amides is 2. The highest BCUT2D eigenvalue weighted by Crippen LogP contribution is 2.23. The molecular weight excluding hydrogens is 389 g/mol. The van der Waals surface area contributed by atoms with Crippen LogP contribution < -0.4 is 15.4 Å². The third-order valence-corrected chi connectivity index (χ3v) is 5.01. The number of benzene rings is 2. The van der Waals surface area contributed by atoms with E-state index < -0.39 is 11.7 Å². The monoisotopic (exact) mass is 415 g/mol. The first-order valence-electron chi connectivity index (χ1n) is 9.83. The molecule has 0 bridgehead atoms. The minimum atomic E-state index is -0.623. The van der Waals surface area contributed by atoms with E-state index in [1.54, 1.807) is 13.2 Å². The Kier molecular flexibility index (Phi) is 7.75. The zero-order valence-corrected chi connectivity index (χ0v) is 16.9. The van der Waals surface area contributed by atoms with Gasteiger partial charge in [-0.2, -0.15) is 0 Å². The van der Waals surface area contributed by atoms with Crippen molar-refractivity contribution in [3.8, 4) is 5.75 Å². The number of rotatable bonds is 8. The number of nitrogens with zero attached hydrogens (tertiary/aromatic N) is 1. The third-order valence-electron chi connectivity index (χ3n) is 5.01. The molecule has 1 saturated heterocycles. The molecule has 8 heteroatoms. The molecule has 0 aliphatic carbocycles. The third kappa shape index (κ3) is 5.77. The van der Waals surface area contributed by atoms with Gasteiger partial charge in [0.2, 0.25) is 5.91 Å². The van der Waals surface area contributed by atoms with Crippen molar-refractivity contribution in [2.24, 2.45) is 0 Å². The van der Waals surface area contributed by atoms with E-state index in [1.807, 2.05) is 24.3 Å². The van der Waals surface area contributed by atoms with Crippen molar-refractivity contribution in [1.82, 2.24) is 15.5 Å². The number of hydrogen-bond acceptors (Lipinski definition) is 5. The van der Waals surface area contributed by atoms with Crippen molar-refractivity contribution >= 4 is 11.8 Å². The highest BCUT2D eigenvalue weighted by Gasteiger charge is 2.23. The van der Waals surface area contributed by atoms with Crippen LogP contribution in [0.25, 0.3) is 0 Å². The van der Waals surface area contributed by atoms with Crippen LogP contribution in [0.3, 0.4) is 0 Å². The lowest BCUT2D eigenvalue weighted by molar-refractivity contribution is -0.120. The Labute approximate surface area is 175 Å². The lowest BCUT2D eigenvalue weighted by Gasteiger charge is -2.35. The summed E-state index contributed by atoms with van der Waals surface area (Å²) >= 11 is 0. The average molecular weight is 415 g/mol. The van der Waals surface area contributed by atoms with E-state index in [4.69, 9.17) is 9.47 Å². The summed E-state index contributed by atoms with van der Waals surface area (Å²) < 4.78 is 24.3. The number of hydrogen-bond donors (Lipinski definition) is 2. The van der Waals surface area contributed by atoms with Gasteiger partial charge < -0.3 is 20.1 Å². The van der Waals surface area contributed by atoms with Crippen molar-refractivity contribution in [3.63, 3.8) is 0 Å². The second-order valence-corrected chi connectivity index (χ2v) is 6.90. The van der Waals surface area contributed by atoms with Gasteiger partial charge in [-0.05, 0) is 29.8 Å². The summed E-state index contributed by atoms with van der Waals surface area (Å²) in [4.78, 5) is 26.6. The number of carbonyl (C=O) groups excluding carboxylic acids is 2. The zero-order valence-electron chi connectivity index (χ0n) is 16.9. The molecule has 0 aromatic heterocycles. The Bertz CT molecular complexity index is 854. The molecule has 0 radical (unpaired) electrons. The molecular formula is C22H26FN3O4. The molecule has 1 aliphatic heterocycles. The fourth-order valence-electron chi connectivity index (χ4n) is 3.35. The van der Waals surface area contributed by atoms with Gasteiger partial charge in [-0.3, -0.25) is 14.5 Å². The van der Waals surface area contributed by atoms with Gasteiger partial charge in [0.05, 0.1) is 38.5 Å². The van der Waals surface area contributed by atoms with E-state index >= 15 is 0 Å². The van der Waals surface area contributed by atoms with Gasteiger partial charge in [-0.15, -0.1) is 0 Å². The Morgan fingerprint density at radius 3 is 2.47 bits per heavy atom. The molecule has 1 fully saturated rings. The van der Waals surface area contributed by atoms with Crippen LogP contribution in [0.15, 0.2) is 48.5 Å². The van der Waals surface area contributed by atoms with E-state index in [1.165, 1.54) is 18.2 Å². The molecule has 1 aliphatic rings. The van der Waals surface area contributed by atoms with E-state index in [9.17, 15) is 14.0 Å². The van der Waals surface area contributed by atoms with Crippen LogP contribution in [0.2, 0.25) is 0 Å². The fourth-order valence-corrected chi connectivity index (χ4v) is 3.35.